The number of methoxy groups -OCH3 is 1. The standard InChI is InChI=1S/C21H26N2O3.C2HF3O2/c1-25-13-10-21(24)23-12-9-20(26-19-8-5-11-22-15-19)18(16-23)14-17-6-3-2-4-7-17;3-2(4,5)1(6)7/h2-8,11,15,18,20H,9-10,12-14,16H2,1H3;(H,6,7)/t18-,20-;/m0./s1. The topological polar surface area (TPSA) is 89.0 Å². The number of nitrogens with zero attached hydrogens (tertiary/aromatic N) is 2. The number of pyridine rings is 1. The van der Waals surface area contributed by atoms with Crippen LogP contribution < -0.4 is 4.74 Å². The second-order valence-corrected chi connectivity index (χ2v) is 7.47. The maximum Gasteiger partial charge on any atom is 0.490 e. The number of aliphatic carboxylic acids is 1. The molecule has 7 nitrogen and oxygen atoms in total. The number of carboxylic acids is 1. The van der Waals surface area contributed by atoms with Gasteiger partial charge in [-0.2, -0.15) is 13.2 Å². The Labute approximate surface area is 190 Å². The van der Waals surface area contributed by atoms with Gasteiger partial charge in [-0.15, -0.1) is 0 Å². The van der Waals surface area contributed by atoms with Crippen LogP contribution in [0.15, 0.2) is 54.9 Å². The summed E-state index contributed by atoms with van der Waals surface area (Å²) in [4.78, 5) is 27.4. The van der Waals surface area contributed by atoms with Crippen molar-refractivity contribution in [3.63, 3.8) is 0 Å². The van der Waals surface area contributed by atoms with E-state index in [-0.39, 0.29) is 17.9 Å². The van der Waals surface area contributed by atoms with E-state index >= 15 is 0 Å². The molecule has 180 valence electrons. The number of aromatic nitrogens is 1. The monoisotopic (exact) mass is 468 g/mol. The molecule has 2 aromatic rings. The molecule has 1 N–H and O–H groups in total. The smallest absolute Gasteiger partial charge is 0.488 e. The van der Waals surface area contributed by atoms with Crippen molar-refractivity contribution in [2.24, 2.45) is 5.92 Å². The van der Waals surface area contributed by atoms with Crippen LogP contribution in [0.3, 0.4) is 0 Å². The highest BCUT2D eigenvalue weighted by Crippen LogP contribution is 2.26. The molecular weight excluding hydrogens is 441 g/mol. The van der Waals surface area contributed by atoms with Gasteiger partial charge in [-0.3, -0.25) is 9.78 Å². The van der Waals surface area contributed by atoms with E-state index in [1.54, 1.807) is 19.5 Å². The minimum absolute atomic E-state index is 0.0749. The lowest BCUT2D eigenvalue weighted by atomic mass is 9.88. The first-order chi connectivity index (χ1) is 15.7. The van der Waals surface area contributed by atoms with Gasteiger partial charge in [0.05, 0.1) is 19.2 Å². The van der Waals surface area contributed by atoms with Crippen molar-refractivity contribution in [1.82, 2.24) is 9.88 Å². The number of rotatable bonds is 7. The number of benzene rings is 1. The molecule has 1 saturated heterocycles. The number of carbonyl (C=O) groups excluding carboxylic acids is 1. The van der Waals surface area contributed by atoms with Gasteiger partial charge < -0.3 is 19.5 Å². The predicted molar refractivity (Wildman–Crippen MR) is 114 cm³/mol. The Hall–Kier alpha value is -3.14. The summed E-state index contributed by atoms with van der Waals surface area (Å²) >= 11 is 0. The minimum Gasteiger partial charge on any atom is -0.488 e. The van der Waals surface area contributed by atoms with Crippen molar-refractivity contribution >= 4 is 11.9 Å². The number of carbonyl (C=O) groups is 2. The number of hydrogen-bond donors (Lipinski definition) is 1. The van der Waals surface area contributed by atoms with Gasteiger partial charge in [0, 0.05) is 38.7 Å². The first-order valence-electron chi connectivity index (χ1n) is 10.4. The summed E-state index contributed by atoms with van der Waals surface area (Å²) < 4.78 is 43.0. The van der Waals surface area contributed by atoms with Crippen LogP contribution in [0.4, 0.5) is 13.2 Å². The first-order valence-corrected chi connectivity index (χ1v) is 10.4. The van der Waals surface area contributed by atoms with Crippen LogP contribution in [0.2, 0.25) is 0 Å². The normalized spacial score (nSPS) is 18.1. The molecule has 1 aromatic heterocycles. The van der Waals surface area contributed by atoms with Crippen molar-refractivity contribution < 1.29 is 37.3 Å². The lowest BCUT2D eigenvalue weighted by Gasteiger charge is -2.38. The fourth-order valence-corrected chi connectivity index (χ4v) is 3.44. The van der Waals surface area contributed by atoms with E-state index in [0.29, 0.717) is 19.6 Å². The van der Waals surface area contributed by atoms with E-state index in [0.717, 1.165) is 25.1 Å². The summed E-state index contributed by atoms with van der Waals surface area (Å²) in [7, 11) is 1.62. The first kappa shape index (κ1) is 26.1. The predicted octanol–water partition coefficient (Wildman–Crippen LogP) is 3.59. The van der Waals surface area contributed by atoms with E-state index in [4.69, 9.17) is 19.4 Å². The molecule has 0 bridgehead atoms. The number of amides is 1. The van der Waals surface area contributed by atoms with Crippen LogP contribution in [0, 0.1) is 5.92 Å². The van der Waals surface area contributed by atoms with Crippen molar-refractivity contribution in [2.75, 3.05) is 26.8 Å². The van der Waals surface area contributed by atoms with Crippen molar-refractivity contribution in [3.05, 3.63) is 60.4 Å². The van der Waals surface area contributed by atoms with Crippen LogP contribution in [-0.4, -0.2) is 66.0 Å². The molecular formula is C23H27F3N2O5. The third-order valence-corrected chi connectivity index (χ3v) is 5.04. The average Bonchev–Trinajstić information content (AvgIpc) is 2.80. The number of piperidine rings is 1. The third-order valence-electron chi connectivity index (χ3n) is 5.04. The van der Waals surface area contributed by atoms with Crippen LogP contribution >= 0.6 is 0 Å². The molecule has 1 amide bonds. The van der Waals surface area contributed by atoms with E-state index in [2.05, 4.69) is 29.2 Å². The number of likely N-dealkylation sites (tertiary alicyclic amines) is 1. The molecule has 10 heteroatoms. The van der Waals surface area contributed by atoms with Gasteiger partial charge in [0.1, 0.15) is 11.9 Å². The Morgan fingerprint density at radius 2 is 1.88 bits per heavy atom. The Balaban J connectivity index is 0.000000479. The van der Waals surface area contributed by atoms with Crippen LogP contribution in [0.25, 0.3) is 0 Å². The number of carboxylic acid groups (broad SMARTS) is 1. The minimum atomic E-state index is -5.08. The Morgan fingerprint density at radius 1 is 1.18 bits per heavy atom. The molecule has 1 fully saturated rings. The number of ether oxygens (including phenoxy) is 2. The highest BCUT2D eigenvalue weighted by Gasteiger charge is 2.38. The Bertz CT molecular complexity index is 865. The third kappa shape index (κ3) is 9.09. The largest absolute Gasteiger partial charge is 0.490 e. The summed E-state index contributed by atoms with van der Waals surface area (Å²) in [5, 5.41) is 7.12. The molecule has 1 aliphatic heterocycles. The molecule has 2 atom stereocenters. The Morgan fingerprint density at radius 3 is 2.45 bits per heavy atom. The zero-order valence-electron chi connectivity index (χ0n) is 18.2. The lowest BCUT2D eigenvalue weighted by Crippen LogP contribution is -2.48. The maximum atomic E-state index is 12.4. The fraction of sp³-hybridized carbons (Fsp3) is 0.435. The van der Waals surface area contributed by atoms with Gasteiger partial charge in [0.15, 0.2) is 0 Å². The van der Waals surface area contributed by atoms with E-state index < -0.39 is 12.1 Å². The van der Waals surface area contributed by atoms with Gasteiger partial charge in [0.25, 0.3) is 0 Å². The second-order valence-electron chi connectivity index (χ2n) is 7.47. The van der Waals surface area contributed by atoms with Crippen molar-refractivity contribution in [1.29, 1.82) is 0 Å². The second kappa shape index (κ2) is 12.8. The Kier molecular flexibility index (Phi) is 10.1. The van der Waals surface area contributed by atoms with Crippen LogP contribution in [0.1, 0.15) is 18.4 Å². The zero-order chi connectivity index (χ0) is 24.3. The quantitative estimate of drug-likeness (QED) is 0.668. The lowest BCUT2D eigenvalue weighted by molar-refractivity contribution is -0.192. The fourth-order valence-electron chi connectivity index (χ4n) is 3.44. The number of hydrogen-bond acceptors (Lipinski definition) is 5. The van der Waals surface area contributed by atoms with Crippen LogP contribution in [-0.2, 0) is 20.7 Å². The summed E-state index contributed by atoms with van der Waals surface area (Å²) in [5.74, 6) is -1.56. The summed E-state index contributed by atoms with van der Waals surface area (Å²) in [6, 6.07) is 14.2. The summed E-state index contributed by atoms with van der Waals surface area (Å²) in [6.07, 6.45) is 0.625. The van der Waals surface area contributed by atoms with Gasteiger partial charge in [0.2, 0.25) is 5.91 Å². The van der Waals surface area contributed by atoms with Gasteiger partial charge in [-0.05, 0) is 24.1 Å². The van der Waals surface area contributed by atoms with Gasteiger partial charge >= 0.3 is 12.1 Å². The molecule has 0 unspecified atom stereocenters. The molecule has 33 heavy (non-hydrogen) atoms. The molecule has 1 aliphatic rings. The molecule has 1 aromatic carbocycles. The highest BCUT2D eigenvalue weighted by atomic mass is 19.4. The molecule has 3 rings (SSSR count). The SMILES string of the molecule is COCCC(=O)N1CC[C@H](Oc2cccnc2)[C@@H](Cc2ccccc2)C1.O=C(O)C(F)(F)F. The molecule has 0 radical (unpaired) electrons. The van der Waals surface area contributed by atoms with E-state index in [1.807, 2.05) is 23.1 Å². The van der Waals surface area contributed by atoms with E-state index in [1.165, 1.54) is 5.56 Å². The number of alkyl halides is 3. The van der Waals surface area contributed by atoms with Gasteiger partial charge in [-0.25, -0.2) is 4.79 Å². The van der Waals surface area contributed by atoms with Crippen molar-refractivity contribution in [3.8, 4) is 5.75 Å². The van der Waals surface area contributed by atoms with Gasteiger partial charge in [-0.1, -0.05) is 30.3 Å². The maximum absolute atomic E-state index is 12.4. The molecule has 0 saturated carbocycles. The number of halogens is 3. The summed E-state index contributed by atoms with van der Waals surface area (Å²) in [6.45, 7) is 1.90. The van der Waals surface area contributed by atoms with E-state index in [9.17, 15) is 18.0 Å². The van der Waals surface area contributed by atoms with Crippen molar-refractivity contribution in [2.45, 2.75) is 31.5 Å². The van der Waals surface area contributed by atoms with Crippen LogP contribution in [0.5, 0.6) is 5.75 Å². The molecule has 0 aliphatic carbocycles. The summed E-state index contributed by atoms with van der Waals surface area (Å²) in [5.41, 5.74) is 1.27. The highest BCUT2D eigenvalue weighted by molar-refractivity contribution is 5.76. The zero-order valence-corrected chi connectivity index (χ0v) is 18.2. The average molecular weight is 468 g/mol. The molecule has 2 heterocycles. The molecule has 0 spiro atoms.